The van der Waals surface area contributed by atoms with E-state index in [9.17, 15) is 4.79 Å². The summed E-state index contributed by atoms with van der Waals surface area (Å²) in [5, 5.41) is 7.84. The predicted molar refractivity (Wildman–Crippen MR) is 93.2 cm³/mol. The second kappa shape index (κ2) is 5.53. The monoisotopic (exact) mass is 347 g/mol. The van der Waals surface area contributed by atoms with Gasteiger partial charge in [-0.3, -0.25) is 4.79 Å². The average Bonchev–Trinajstić information content (AvgIpc) is 2.97. The first-order valence-electron chi connectivity index (χ1n) is 7.85. The number of fused-ring (bicyclic) bond motifs is 1. The van der Waals surface area contributed by atoms with Gasteiger partial charge in [-0.2, -0.15) is 11.3 Å². The fraction of sp³-hybridized carbons (Fsp3) is 0.389. The Bertz CT molecular complexity index is 753. The van der Waals surface area contributed by atoms with Gasteiger partial charge in [0.2, 0.25) is 5.91 Å². The Kier molecular flexibility index (Phi) is 3.62. The molecule has 1 aliphatic heterocycles. The molecule has 1 fully saturated rings. The molecule has 1 amide bonds. The number of hydrogen-bond acceptors (Lipinski definition) is 3. The van der Waals surface area contributed by atoms with Crippen LogP contribution in [-0.2, 0) is 11.2 Å². The first-order valence-corrected chi connectivity index (χ1v) is 9.17. The number of hydrogen-bond donors (Lipinski definition) is 1. The zero-order valence-electron chi connectivity index (χ0n) is 12.9. The minimum absolute atomic E-state index is 0.0356. The van der Waals surface area contributed by atoms with Gasteiger partial charge >= 0.3 is 0 Å². The maximum atomic E-state index is 12.0. The molecule has 2 aromatic rings. The molecule has 1 aliphatic carbocycles. The lowest BCUT2D eigenvalue weighted by Crippen LogP contribution is -2.38. The third kappa shape index (κ3) is 2.86. The van der Waals surface area contributed by atoms with Crippen LogP contribution in [0.2, 0.25) is 5.02 Å². The second-order valence-electron chi connectivity index (χ2n) is 6.67. The van der Waals surface area contributed by atoms with Crippen molar-refractivity contribution in [2.45, 2.75) is 32.3 Å². The zero-order valence-corrected chi connectivity index (χ0v) is 14.5. The average molecular weight is 348 g/mol. The third-order valence-corrected chi connectivity index (χ3v) is 5.71. The number of thiophene rings is 1. The van der Waals surface area contributed by atoms with Gasteiger partial charge in [0.25, 0.3) is 0 Å². The summed E-state index contributed by atoms with van der Waals surface area (Å²) < 4.78 is 5.95. The maximum absolute atomic E-state index is 12.0. The van der Waals surface area contributed by atoms with E-state index in [2.05, 4.69) is 28.2 Å². The van der Waals surface area contributed by atoms with Gasteiger partial charge in [0.05, 0.1) is 11.6 Å². The number of carbonyl (C=O) groups is 1. The smallest absolute Gasteiger partial charge is 0.226 e. The lowest BCUT2D eigenvalue weighted by molar-refractivity contribution is -0.126. The molecule has 0 radical (unpaired) electrons. The fourth-order valence-electron chi connectivity index (χ4n) is 2.93. The summed E-state index contributed by atoms with van der Waals surface area (Å²) >= 11 is 8.07. The van der Waals surface area contributed by atoms with E-state index in [0.29, 0.717) is 11.6 Å². The number of nitrogens with one attached hydrogen (secondary N) is 1. The summed E-state index contributed by atoms with van der Waals surface area (Å²) in [5.74, 6) is 0.907. The van der Waals surface area contributed by atoms with Crippen molar-refractivity contribution in [1.29, 1.82) is 0 Å². The van der Waals surface area contributed by atoms with Crippen LogP contribution in [0, 0.1) is 5.41 Å². The summed E-state index contributed by atoms with van der Waals surface area (Å²) in [4.78, 5) is 12.0. The molecule has 1 saturated carbocycles. The van der Waals surface area contributed by atoms with E-state index in [4.69, 9.17) is 16.3 Å². The molecular weight excluding hydrogens is 330 g/mol. The number of benzene rings is 1. The fourth-order valence-corrected chi connectivity index (χ4v) is 3.88. The molecule has 1 atom stereocenters. The number of ether oxygens (including phenoxy) is 1. The Hall–Kier alpha value is -1.52. The normalized spacial score (nSPS) is 20.7. The number of carbonyl (C=O) groups excluding carboxylic acids is 1. The van der Waals surface area contributed by atoms with Crippen molar-refractivity contribution in [1.82, 2.24) is 5.32 Å². The largest absolute Gasteiger partial charge is 0.486 e. The molecular formula is C18H18ClNO2S. The van der Waals surface area contributed by atoms with E-state index >= 15 is 0 Å². The van der Waals surface area contributed by atoms with Crippen LogP contribution in [0.15, 0.2) is 29.0 Å². The Morgan fingerprint density at radius 1 is 1.43 bits per heavy atom. The Morgan fingerprint density at radius 3 is 2.96 bits per heavy atom. The Balaban J connectivity index is 1.46. The van der Waals surface area contributed by atoms with Gasteiger partial charge in [-0.25, -0.2) is 0 Å². The van der Waals surface area contributed by atoms with Gasteiger partial charge in [-0.15, -0.1) is 0 Å². The minimum Gasteiger partial charge on any atom is -0.486 e. The van der Waals surface area contributed by atoms with Gasteiger partial charge in [-0.05, 0) is 52.9 Å². The first-order chi connectivity index (χ1) is 11.0. The lowest BCUT2D eigenvalue weighted by atomic mass is 10.0. The molecule has 5 heteroatoms. The van der Waals surface area contributed by atoms with E-state index in [1.807, 2.05) is 13.0 Å². The standard InChI is InChI=1S/C18H18ClNO2S/c1-18(3-4-18)17(21)20-9-14-7-13-6-12(11-2-5-23-10-11)8-15(19)16(13)22-14/h2,5-6,8,10,14H,3-4,7,9H2,1H3,(H,20,21)/t14-/m1/s1. The molecule has 1 N–H and O–H groups in total. The molecule has 0 unspecified atom stereocenters. The van der Waals surface area contributed by atoms with Crippen molar-refractivity contribution in [3.63, 3.8) is 0 Å². The van der Waals surface area contributed by atoms with E-state index < -0.39 is 0 Å². The second-order valence-corrected chi connectivity index (χ2v) is 7.86. The van der Waals surface area contributed by atoms with Crippen LogP contribution >= 0.6 is 22.9 Å². The topological polar surface area (TPSA) is 38.3 Å². The van der Waals surface area contributed by atoms with Crippen LogP contribution in [-0.4, -0.2) is 18.6 Å². The summed E-state index contributed by atoms with van der Waals surface area (Å²) in [5.41, 5.74) is 3.28. The van der Waals surface area contributed by atoms with Gasteiger partial charge in [-0.1, -0.05) is 18.5 Å². The van der Waals surface area contributed by atoms with Gasteiger partial charge in [0.1, 0.15) is 11.9 Å². The summed E-state index contributed by atoms with van der Waals surface area (Å²) in [7, 11) is 0. The molecule has 2 heterocycles. The molecule has 120 valence electrons. The van der Waals surface area contributed by atoms with Crippen LogP contribution in [0.25, 0.3) is 11.1 Å². The van der Waals surface area contributed by atoms with Gasteiger partial charge < -0.3 is 10.1 Å². The van der Waals surface area contributed by atoms with Gasteiger partial charge in [0, 0.05) is 17.4 Å². The lowest BCUT2D eigenvalue weighted by Gasteiger charge is -2.14. The van der Waals surface area contributed by atoms with Crippen LogP contribution < -0.4 is 10.1 Å². The Labute approximate surface area is 144 Å². The molecule has 2 aliphatic rings. The van der Waals surface area contributed by atoms with Crippen molar-refractivity contribution < 1.29 is 9.53 Å². The van der Waals surface area contributed by atoms with Gasteiger partial charge in [0.15, 0.2) is 0 Å². The third-order valence-electron chi connectivity index (χ3n) is 4.75. The highest BCUT2D eigenvalue weighted by molar-refractivity contribution is 7.08. The SMILES string of the molecule is CC1(C(=O)NC[C@H]2Cc3cc(-c4ccsc4)cc(Cl)c3O2)CC1. The highest BCUT2D eigenvalue weighted by Gasteiger charge is 2.45. The van der Waals surface area contributed by atoms with E-state index in [1.54, 1.807) is 11.3 Å². The van der Waals surface area contributed by atoms with Crippen molar-refractivity contribution >= 4 is 28.8 Å². The van der Waals surface area contributed by atoms with E-state index in [-0.39, 0.29) is 17.4 Å². The molecule has 0 spiro atoms. The maximum Gasteiger partial charge on any atom is 0.226 e. The minimum atomic E-state index is -0.144. The quantitative estimate of drug-likeness (QED) is 0.896. The van der Waals surface area contributed by atoms with Crippen molar-refractivity contribution in [3.05, 3.63) is 39.5 Å². The van der Waals surface area contributed by atoms with Crippen LogP contribution in [0.4, 0.5) is 0 Å². The molecule has 4 rings (SSSR count). The highest BCUT2D eigenvalue weighted by Crippen LogP contribution is 2.45. The molecule has 1 aromatic carbocycles. The molecule has 23 heavy (non-hydrogen) atoms. The van der Waals surface area contributed by atoms with Crippen LogP contribution in [0.5, 0.6) is 5.75 Å². The van der Waals surface area contributed by atoms with E-state index in [1.165, 1.54) is 5.56 Å². The number of rotatable bonds is 4. The zero-order chi connectivity index (χ0) is 16.0. The Morgan fingerprint density at radius 2 is 2.26 bits per heavy atom. The molecule has 0 saturated heterocycles. The number of halogens is 1. The van der Waals surface area contributed by atoms with E-state index in [0.717, 1.165) is 36.1 Å². The molecule has 0 bridgehead atoms. The predicted octanol–water partition coefficient (Wildman–Crippen LogP) is 4.29. The number of amides is 1. The van der Waals surface area contributed by atoms with Crippen LogP contribution in [0.3, 0.4) is 0 Å². The molecule has 3 nitrogen and oxygen atoms in total. The summed E-state index contributed by atoms with van der Waals surface area (Å²) in [6.45, 7) is 2.55. The van der Waals surface area contributed by atoms with Crippen molar-refractivity contribution in [2.24, 2.45) is 5.41 Å². The molecule has 1 aromatic heterocycles. The van der Waals surface area contributed by atoms with Crippen LogP contribution in [0.1, 0.15) is 25.3 Å². The van der Waals surface area contributed by atoms with Crippen molar-refractivity contribution in [2.75, 3.05) is 6.54 Å². The van der Waals surface area contributed by atoms with Crippen molar-refractivity contribution in [3.8, 4) is 16.9 Å². The summed E-state index contributed by atoms with van der Waals surface area (Å²) in [6.07, 6.45) is 2.72. The summed E-state index contributed by atoms with van der Waals surface area (Å²) in [6, 6.07) is 6.19. The highest BCUT2D eigenvalue weighted by atomic mass is 35.5. The first kappa shape index (κ1) is 15.0.